The van der Waals surface area contributed by atoms with Crippen LogP contribution < -0.4 is 0 Å². The van der Waals surface area contributed by atoms with E-state index < -0.39 is 15.9 Å². The highest BCUT2D eigenvalue weighted by Gasteiger charge is 2.11. The second kappa shape index (κ2) is 4.92. The van der Waals surface area contributed by atoms with Crippen molar-refractivity contribution in [2.75, 3.05) is 6.26 Å². The van der Waals surface area contributed by atoms with E-state index >= 15 is 0 Å². The Bertz CT molecular complexity index is 616. The van der Waals surface area contributed by atoms with E-state index in [2.05, 4.69) is 0 Å². The zero-order valence-corrected chi connectivity index (χ0v) is 10.8. The van der Waals surface area contributed by atoms with E-state index in [1.807, 2.05) is 30.3 Å². The number of hydrogen-bond acceptors (Lipinski definition) is 3. The summed E-state index contributed by atoms with van der Waals surface area (Å²) in [5, 5.41) is 10.1. The highest BCUT2D eigenvalue weighted by atomic mass is 32.2. The first kappa shape index (κ1) is 12.8. The molecule has 0 heterocycles. The van der Waals surface area contributed by atoms with Crippen LogP contribution in [0.5, 0.6) is 0 Å². The molecule has 0 aliphatic rings. The summed E-state index contributed by atoms with van der Waals surface area (Å²) in [6.07, 6.45) is 0.426. The molecule has 2 rings (SSSR count). The molecule has 1 unspecified atom stereocenters. The van der Waals surface area contributed by atoms with E-state index in [1.54, 1.807) is 12.1 Å². The Kier molecular flexibility index (Phi) is 3.50. The predicted molar refractivity (Wildman–Crippen MR) is 70.1 cm³/mol. The van der Waals surface area contributed by atoms with Gasteiger partial charge in [-0.1, -0.05) is 42.5 Å². The van der Waals surface area contributed by atoms with Gasteiger partial charge >= 0.3 is 0 Å². The Labute approximate surface area is 107 Å². The quantitative estimate of drug-likeness (QED) is 0.922. The normalized spacial score (nSPS) is 13.2. The number of benzene rings is 2. The molecular formula is C14H14O3S. The standard InChI is InChI=1S/C14H14O3S/c1-18(16,17)13-9-7-12(8-10-13)14(15)11-5-3-2-4-6-11/h2-10,14-15H,1H3. The van der Waals surface area contributed by atoms with Gasteiger partial charge in [-0.05, 0) is 23.3 Å². The molecule has 0 aliphatic heterocycles. The molecule has 2 aromatic rings. The van der Waals surface area contributed by atoms with Crippen molar-refractivity contribution in [3.8, 4) is 0 Å². The first-order chi connectivity index (χ1) is 8.48. The highest BCUT2D eigenvalue weighted by molar-refractivity contribution is 7.90. The van der Waals surface area contributed by atoms with Crippen molar-refractivity contribution < 1.29 is 13.5 Å². The van der Waals surface area contributed by atoms with Crippen LogP contribution in [-0.4, -0.2) is 19.8 Å². The van der Waals surface area contributed by atoms with E-state index in [4.69, 9.17) is 0 Å². The maximum Gasteiger partial charge on any atom is 0.175 e. The average Bonchev–Trinajstić information content (AvgIpc) is 2.38. The lowest BCUT2D eigenvalue weighted by atomic mass is 10.0. The van der Waals surface area contributed by atoms with Gasteiger partial charge in [-0.25, -0.2) is 8.42 Å². The predicted octanol–water partition coefficient (Wildman–Crippen LogP) is 2.17. The Morgan fingerprint density at radius 1 is 0.889 bits per heavy atom. The van der Waals surface area contributed by atoms with Gasteiger partial charge in [0.1, 0.15) is 6.10 Å². The molecule has 94 valence electrons. The number of aliphatic hydroxyl groups excluding tert-OH is 1. The average molecular weight is 262 g/mol. The zero-order chi connectivity index (χ0) is 13.2. The molecule has 0 spiro atoms. The van der Waals surface area contributed by atoms with Crippen LogP contribution in [0.15, 0.2) is 59.5 Å². The zero-order valence-electron chi connectivity index (χ0n) is 9.95. The molecule has 0 saturated carbocycles. The number of sulfone groups is 1. The fraction of sp³-hybridized carbons (Fsp3) is 0.143. The molecule has 0 aliphatic carbocycles. The Hall–Kier alpha value is -1.65. The van der Waals surface area contributed by atoms with Crippen LogP contribution in [0, 0.1) is 0 Å². The van der Waals surface area contributed by atoms with Crippen LogP contribution in [0.3, 0.4) is 0 Å². The summed E-state index contributed by atoms with van der Waals surface area (Å²) in [5.41, 5.74) is 1.46. The molecule has 2 aromatic carbocycles. The molecule has 0 fully saturated rings. The number of hydrogen-bond donors (Lipinski definition) is 1. The van der Waals surface area contributed by atoms with Crippen LogP contribution >= 0.6 is 0 Å². The molecule has 0 saturated heterocycles. The minimum absolute atomic E-state index is 0.256. The van der Waals surface area contributed by atoms with Gasteiger partial charge in [0.05, 0.1) is 4.90 Å². The first-order valence-electron chi connectivity index (χ1n) is 5.51. The van der Waals surface area contributed by atoms with Gasteiger partial charge in [-0.3, -0.25) is 0 Å². The van der Waals surface area contributed by atoms with Crippen molar-refractivity contribution >= 4 is 9.84 Å². The van der Waals surface area contributed by atoms with Gasteiger partial charge in [-0.15, -0.1) is 0 Å². The van der Waals surface area contributed by atoms with Crippen LogP contribution in [0.25, 0.3) is 0 Å². The molecule has 0 bridgehead atoms. The third-order valence-corrected chi connectivity index (χ3v) is 3.87. The molecule has 1 N–H and O–H groups in total. The van der Waals surface area contributed by atoms with E-state index in [9.17, 15) is 13.5 Å². The van der Waals surface area contributed by atoms with Gasteiger partial charge in [0, 0.05) is 6.26 Å². The molecule has 0 radical (unpaired) electrons. The summed E-state index contributed by atoms with van der Waals surface area (Å²) < 4.78 is 22.6. The maximum atomic E-state index is 11.3. The fourth-order valence-electron chi connectivity index (χ4n) is 1.73. The lowest BCUT2D eigenvalue weighted by Crippen LogP contribution is -2.01. The van der Waals surface area contributed by atoms with E-state index in [0.29, 0.717) is 5.56 Å². The van der Waals surface area contributed by atoms with Crippen molar-refractivity contribution in [2.45, 2.75) is 11.0 Å². The Morgan fingerprint density at radius 2 is 1.39 bits per heavy atom. The van der Waals surface area contributed by atoms with Gasteiger partial charge in [0.2, 0.25) is 0 Å². The number of rotatable bonds is 3. The van der Waals surface area contributed by atoms with Crippen LogP contribution in [0.4, 0.5) is 0 Å². The largest absolute Gasteiger partial charge is 0.384 e. The van der Waals surface area contributed by atoms with Gasteiger partial charge in [-0.2, -0.15) is 0 Å². The third kappa shape index (κ3) is 2.78. The summed E-state index contributed by atoms with van der Waals surface area (Å²) in [6, 6.07) is 15.5. The van der Waals surface area contributed by atoms with Crippen LogP contribution in [0.2, 0.25) is 0 Å². The van der Waals surface area contributed by atoms with E-state index in [1.165, 1.54) is 12.1 Å². The lowest BCUT2D eigenvalue weighted by molar-refractivity contribution is 0.220. The Morgan fingerprint density at radius 3 is 1.89 bits per heavy atom. The van der Waals surface area contributed by atoms with Gasteiger partial charge < -0.3 is 5.11 Å². The molecule has 4 heteroatoms. The summed E-state index contributed by atoms with van der Waals surface area (Å²) in [5.74, 6) is 0. The highest BCUT2D eigenvalue weighted by Crippen LogP contribution is 2.22. The Balaban J connectivity index is 2.31. The topological polar surface area (TPSA) is 54.4 Å². The van der Waals surface area contributed by atoms with Crippen LogP contribution in [-0.2, 0) is 9.84 Å². The van der Waals surface area contributed by atoms with Crippen molar-refractivity contribution in [1.82, 2.24) is 0 Å². The smallest absolute Gasteiger partial charge is 0.175 e. The second-order valence-electron chi connectivity index (χ2n) is 4.15. The molecular weight excluding hydrogens is 248 g/mol. The van der Waals surface area contributed by atoms with Crippen LogP contribution in [0.1, 0.15) is 17.2 Å². The first-order valence-corrected chi connectivity index (χ1v) is 7.40. The van der Waals surface area contributed by atoms with Gasteiger partial charge in [0.25, 0.3) is 0 Å². The fourth-order valence-corrected chi connectivity index (χ4v) is 2.36. The van der Waals surface area contributed by atoms with E-state index in [0.717, 1.165) is 11.8 Å². The number of aliphatic hydroxyl groups is 1. The molecule has 18 heavy (non-hydrogen) atoms. The minimum Gasteiger partial charge on any atom is -0.384 e. The lowest BCUT2D eigenvalue weighted by Gasteiger charge is -2.11. The summed E-state index contributed by atoms with van der Waals surface area (Å²) in [7, 11) is -3.19. The van der Waals surface area contributed by atoms with Crippen molar-refractivity contribution in [3.05, 3.63) is 65.7 Å². The van der Waals surface area contributed by atoms with E-state index in [-0.39, 0.29) is 4.90 Å². The van der Waals surface area contributed by atoms with Crippen molar-refractivity contribution in [2.24, 2.45) is 0 Å². The molecule has 1 atom stereocenters. The summed E-state index contributed by atoms with van der Waals surface area (Å²) >= 11 is 0. The molecule has 0 aromatic heterocycles. The molecule has 0 amide bonds. The van der Waals surface area contributed by atoms with Gasteiger partial charge in [0.15, 0.2) is 9.84 Å². The molecule has 3 nitrogen and oxygen atoms in total. The second-order valence-corrected chi connectivity index (χ2v) is 6.17. The third-order valence-electron chi connectivity index (χ3n) is 2.74. The monoisotopic (exact) mass is 262 g/mol. The summed E-state index contributed by atoms with van der Waals surface area (Å²) in [6.45, 7) is 0. The maximum absolute atomic E-state index is 11.3. The summed E-state index contributed by atoms with van der Waals surface area (Å²) in [4.78, 5) is 0.256. The van der Waals surface area contributed by atoms with Crippen molar-refractivity contribution in [3.63, 3.8) is 0 Å². The minimum atomic E-state index is -3.19. The SMILES string of the molecule is CS(=O)(=O)c1ccc(C(O)c2ccccc2)cc1. The van der Waals surface area contributed by atoms with Crippen molar-refractivity contribution in [1.29, 1.82) is 0 Å².